The molecule has 5 heterocycles. The highest BCUT2D eigenvalue weighted by Crippen LogP contribution is 2.24. The molecule has 2 aromatic carbocycles. The van der Waals surface area contributed by atoms with Gasteiger partial charge < -0.3 is 15.5 Å². The molecule has 2 N–H and O–H groups in total. The number of likely N-dealkylation sites (tertiary alicyclic amines) is 1. The van der Waals surface area contributed by atoms with Crippen LogP contribution in [0.2, 0.25) is 0 Å². The van der Waals surface area contributed by atoms with Crippen molar-refractivity contribution in [1.82, 2.24) is 35.5 Å². The monoisotopic (exact) mass is 666 g/mol. The molecule has 2 saturated heterocycles. The summed E-state index contributed by atoms with van der Waals surface area (Å²) in [5, 5.41) is 6.49. The van der Waals surface area contributed by atoms with Crippen molar-refractivity contribution in [3.63, 3.8) is 0 Å². The molecule has 3 aromatic heterocycles. The predicted molar refractivity (Wildman–Crippen MR) is 195 cm³/mol. The largest absolute Gasteiger partial charge is 0.356 e. The highest BCUT2D eigenvalue weighted by Gasteiger charge is 2.24. The fourth-order valence-corrected chi connectivity index (χ4v) is 6.84. The third-order valence-corrected chi connectivity index (χ3v) is 9.77. The van der Waals surface area contributed by atoms with E-state index in [2.05, 4.69) is 47.5 Å². The van der Waals surface area contributed by atoms with Gasteiger partial charge in [-0.25, -0.2) is 15.0 Å². The van der Waals surface area contributed by atoms with Gasteiger partial charge in [0.1, 0.15) is 12.1 Å². The van der Waals surface area contributed by atoms with E-state index in [1.165, 1.54) is 11.9 Å². The quantitative estimate of drug-likeness (QED) is 0.206. The number of aromatic nitrogens is 4. The molecular formula is C40H42N8O2. The van der Waals surface area contributed by atoms with Gasteiger partial charge in [-0.1, -0.05) is 30.3 Å². The molecule has 0 bridgehead atoms. The zero-order valence-corrected chi connectivity index (χ0v) is 28.3. The maximum atomic E-state index is 13.1. The van der Waals surface area contributed by atoms with E-state index in [0.29, 0.717) is 11.1 Å². The standard InChI is InChI=1S/C40H42N8O2/c1-28-7-9-32(23-36(28)37-11-17-42-27-44-37)40(50)45-34-12-18-47(19-13-34)26-29-8-10-38(43-24-29)48-20-14-35(15-21-48)46-39(49)31-5-2-4-30(22-31)33-6-3-16-41-25-33/h2-11,16-17,22-25,27,34-35H,12-15,18-21,26H2,1H3,(H,45,50)(H,46,49). The van der Waals surface area contributed by atoms with Gasteiger partial charge in [-0.15, -0.1) is 0 Å². The van der Waals surface area contributed by atoms with Gasteiger partial charge in [-0.2, -0.15) is 0 Å². The van der Waals surface area contributed by atoms with Gasteiger partial charge in [-0.3, -0.25) is 19.5 Å². The van der Waals surface area contributed by atoms with E-state index in [0.717, 1.165) is 92.2 Å². The number of anilines is 1. The molecule has 0 spiro atoms. The van der Waals surface area contributed by atoms with Crippen LogP contribution in [0.1, 0.15) is 57.5 Å². The smallest absolute Gasteiger partial charge is 0.251 e. The molecule has 2 aliphatic heterocycles. The second-order valence-corrected chi connectivity index (χ2v) is 13.2. The topological polar surface area (TPSA) is 116 Å². The Labute approximate surface area is 293 Å². The first kappa shape index (κ1) is 33.0. The summed E-state index contributed by atoms with van der Waals surface area (Å²) < 4.78 is 0. The number of nitrogens with zero attached hydrogens (tertiary/aromatic N) is 6. The van der Waals surface area contributed by atoms with Crippen LogP contribution >= 0.6 is 0 Å². The summed E-state index contributed by atoms with van der Waals surface area (Å²) in [6, 6.07) is 23.8. The first-order valence-corrected chi connectivity index (χ1v) is 17.4. The lowest BCUT2D eigenvalue weighted by Gasteiger charge is -2.34. The molecular weight excluding hydrogens is 624 g/mol. The number of nitrogens with one attached hydrogen (secondary N) is 2. The molecule has 254 valence electrons. The van der Waals surface area contributed by atoms with Crippen LogP contribution in [0.4, 0.5) is 5.82 Å². The second kappa shape index (κ2) is 15.4. The number of carbonyl (C=O) groups is 2. The SMILES string of the molecule is Cc1ccc(C(=O)NC2CCN(Cc3ccc(N4CCC(NC(=O)c5cccc(-c6cccnc6)c5)CC4)nc3)CC2)cc1-c1ccncn1. The molecule has 0 unspecified atom stereocenters. The number of amides is 2. The summed E-state index contributed by atoms with van der Waals surface area (Å²) in [6.07, 6.45) is 12.3. The van der Waals surface area contributed by atoms with Gasteiger partial charge in [0.25, 0.3) is 11.8 Å². The Morgan fingerprint density at radius 3 is 2.14 bits per heavy atom. The molecule has 2 fully saturated rings. The van der Waals surface area contributed by atoms with Crippen molar-refractivity contribution in [2.24, 2.45) is 0 Å². The summed E-state index contributed by atoms with van der Waals surface area (Å²) in [7, 11) is 0. The van der Waals surface area contributed by atoms with Crippen LogP contribution < -0.4 is 15.5 Å². The maximum absolute atomic E-state index is 13.1. The van der Waals surface area contributed by atoms with Gasteiger partial charge in [-0.05, 0) is 91.8 Å². The minimum Gasteiger partial charge on any atom is -0.356 e. The number of carbonyl (C=O) groups excluding carboxylic acids is 2. The van der Waals surface area contributed by atoms with Crippen molar-refractivity contribution in [3.8, 4) is 22.4 Å². The van der Waals surface area contributed by atoms with Gasteiger partial charge in [0.15, 0.2) is 0 Å². The molecule has 2 amide bonds. The minimum atomic E-state index is -0.0449. The zero-order chi connectivity index (χ0) is 34.3. The average Bonchev–Trinajstić information content (AvgIpc) is 3.17. The predicted octanol–water partition coefficient (Wildman–Crippen LogP) is 5.70. The second-order valence-electron chi connectivity index (χ2n) is 13.2. The number of benzene rings is 2. The lowest BCUT2D eigenvalue weighted by Crippen LogP contribution is -2.45. The normalized spacial score (nSPS) is 15.8. The van der Waals surface area contributed by atoms with Crippen LogP contribution in [0.15, 0.2) is 104 Å². The summed E-state index contributed by atoms with van der Waals surface area (Å²) in [5.74, 6) is 0.891. The minimum absolute atomic E-state index is 0.0392. The maximum Gasteiger partial charge on any atom is 0.251 e. The van der Waals surface area contributed by atoms with Crippen LogP contribution in [0.25, 0.3) is 22.4 Å². The number of hydrogen-bond donors (Lipinski definition) is 2. The Bertz CT molecular complexity index is 1900. The van der Waals surface area contributed by atoms with Crippen LogP contribution in [0.5, 0.6) is 0 Å². The summed E-state index contributed by atoms with van der Waals surface area (Å²) in [5.41, 5.74) is 7.30. The highest BCUT2D eigenvalue weighted by atomic mass is 16.2. The molecule has 5 aromatic rings. The number of hydrogen-bond acceptors (Lipinski definition) is 8. The molecule has 0 atom stereocenters. The average molecular weight is 667 g/mol. The van der Waals surface area contributed by atoms with E-state index in [-0.39, 0.29) is 23.9 Å². The van der Waals surface area contributed by atoms with Gasteiger partial charge >= 0.3 is 0 Å². The Kier molecular flexibility index (Phi) is 10.2. The first-order chi connectivity index (χ1) is 24.5. The van der Waals surface area contributed by atoms with Crippen molar-refractivity contribution in [2.75, 3.05) is 31.1 Å². The van der Waals surface area contributed by atoms with E-state index >= 15 is 0 Å². The first-order valence-electron chi connectivity index (χ1n) is 17.4. The van der Waals surface area contributed by atoms with Gasteiger partial charge in [0.05, 0.1) is 5.69 Å². The molecule has 7 rings (SSSR count). The van der Waals surface area contributed by atoms with E-state index in [1.54, 1.807) is 12.4 Å². The number of rotatable bonds is 9. The number of piperidine rings is 2. The summed E-state index contributed by atoms with van der Waals surface area (Å²) >= 11 is 0. The van der Waals surface area contributed by atoms with E-state index in [9.17, 15) is 9.59 Å². The summed E-state index contributed by atoms with van der Waals surface area (Å²) in [4.78, 5) is 48.3. The molecule has 10 heteroatoms. The molecule has 0 radical (unpaired) electrons. The summed E-state index contributed by atoms with van der Waals surface area (Å²) in [6.45, 7) is 6.38. The van der Waals surface area contributed by atoms with Crippen LogP contribution in [0.3, 0.4) is 0 Å². The van der Waals surface area contributed by atoms with Gasteiger partial charge in [0, 0.05) is 91.8 Å². The zero-order valence-electron chi connectivity index (χ0n) is 28.3. The van der Waals surface area contributed by atoms with Crippen molar-refractivity contribution < 1.29 is 9.59 Å². The van der Waals surface area contributed by atoms with E-state index < -0.39 is 0 Å². The van der Waals surface area contributed by atoms with Crippen molar-refractivity contribution in [1.29, 1.82) is 0 Å². The Morgan fingerprint density at radius 2 is 1.46 bits per heavy atom. The highest BCUT2D eigenvalue weighted by molar-refractivity contribution is 5.96. The lowest BCUT2D eigenvalue weighted by atomic mass is 10.0. The van der Waals surface area contributed by atoms with Crippen LogP contribution in [-0.2, 0) is 6.54 Å². The number of aryl methyl sites for hydroxylation is 1. The fourth-order valence-electron chi connectivity index (χ4n) is 6.84. The third-order valence-electron chi connectivity index (χ3n) is 9.77. The number of pyridine rings is 2. The molecule has 10 nitrogen and oxygen atoms in total. The van der Waals surface area contributed by atoms with Crippen LogP contribution in [0, 0.1) is 6.92 Å². The lowest BCUT2D eigenvalue weighted by molar-refractivity contribution is 0.0906. The van der Waals surface area contributed by atoms with E-state index in [1.807, 2.05) is 80.0 Å². The van der Waals surface area contributed by atoms with Crippen LogP contribution in [-0.4, -0.2) is 74.9 Å². The molecule has 2 aliphatic rings. The Morgan fingerprint density at radius 1 is 0.720 bits per heavy atom. The van der Waals surface area contributed by atoms with E-state index in [4.69, 9.17) is 4.98 Å². The Hall–Kier alpha value is -5.48. The van der Waals surface area contributed by atoms with Gasteiger partial charge in [0.2, 0.25) is 0 Å². The molecule has 50 heavy (non-hydrogen) atoms. The Balaban J connectivity index is 0.847. The van der Waals surface area contributed by atoms with Crippen molar-refractivity contribution >= 4 is 17.6 Å². The molecule has 0 saturated carbocycles. The third kappa shape index (κ3) is 8.03. The fraction of sp³-hybridized carbons (Fsp3) is 0.300. The van der Waals surface area contributed by atoms with Crippen molar-refractivity contribution in [2.45, 2.75) is 51.2 Å². The molecule has 0 aliphatic carbocycles. The van der Waals surface area contributed by atoms with Crippen molar-refractivity contribution in [3.05, 3.63) is 126 Å².